The van der Waals surface area contributed by atoms with Crippen molar-refractivity contribution in [2.45, 2.75) is 24.8 Å². The summed E-state index contributed by atoms with van der Waals surface area (Å²) in [5.74, 6) is -0.176. The van der Waals surface area contributed by atoms with Crippen LogP contribution in [0.1, 0.15) is 29.7 Å². The monoisotopic (exact) mass is 261 g/mol. The summed E-state index contributed by atoms with van der Waals surface area (Å²) in [7, 11) is 0. The van der Waals surface area contributed by atoms with Crippen molar-refractivity contribution < 1.29 is 9.59 Å². The summed E-state index contributed by atoms with van der Waals surface area (Å²) in [6, 6.07) is 3.50. The van der Waals surface area contributed by atoms with Crippen LogP contribution >= 0.6 is 11.3 Å². The van der Waals surface area contributed by atoms with Gasteiger partial charge in [0.1, 0.15) is 24.5 Å². The quantitative estimate of drug-likeness (QED) is 0.770. The molecule has 6 heteroatoms. The fraction of sp³-hybridized carbons (Fsp3) is 0.333. The zero-order valence-electron chi connectivity index (χ0n) is 9.52. The molecule has 1 aliphatic rings. The Labute approximate surface area is 107 Å². The predicted octanol–water partition coefficient (Wildman–Crippen LogP) is 1.60. The molecule has 0 bridgehead atoms. The number of rotatable bonds is 2. The van der Waals surface area contributed by atoms with Gasteiger partial charge in [0.25, 0.3) is 0 Å². The van der Waals surface area contributed by atoms with Gasteiger partial charge in [-0.1, -0.05) is 6.07 Å². The summed E-state index contributed by atoms with van der Waals surface area (Å²) in [5, 5.41) is 6.01. The zero-order chi connectivity index (χ0) is 12.5. The first-order valence-electron chi connectivity index (χ1n) is 5.67. The van der Waals surface area contributed by atoms with Crippen LogP contribution in [0.25, 0.3) is 0 Å². The number of nitrogens with zero attached hydrogens (tertiary/aromatic N) is 3. The Morgan fingerprint density at radius 1 is 1.39 bits per heavy atom. The van der Waals surface area contributed by atoms with Crippen LogP contribution in [0.5, 0.6) is 0 Å². The fourth-order valence-corrected chi connectivity index (χ4v) is 3.26. The van der Waals surface area contributed by atoms with Crippen LogP contribution in [0, 0.1) is 0 Å². The van der Waals surface area contributed by atoms with Crippen molar-refractivity contribution in [3.05, 3.63) is 35.0 Å². The lowest BCUT2D eigenvalue weighted by Gasteiger charge is -2.28. The van der Waals surface area contributed by atoms with Crippen molar-refractivity contribution in [2.24, 2.45) is 0 Å². The summed E-state index contributed by atoms with van der Waals surface area (Å²) in [6.45, 7) is 0. The Hall–Kier alpha value is -1.82. The van der Waals surface area contributed by atoms with Gasteiger partial charge in [-0.2, -0.15) is 5.10 Å². The first kappa shape index (κ1) is 11.3. The Balaban J connectivity index is 2.01. The molecule has 1 aliphatic carbocycles. The minimum Gasteiger partial charge on any atom is -0.299 e. The number of carbonyl (C=O) groups excluding carboxylic acids is 2. The topological polar surface area (TPSA) is 64.8 Å². The van der Waals surface area contributed by atoms with Crippen LogP contribution in [0.2, 0.25) is 0 Å². The molecule has 92 valence electrons. The van der Waals surface area contributed by atoms with Crippen LogP contribution in [0.4, 0.5) is 0 Å². The third kappa shape index (κ3) is 1.88. The van der Waals surface area contributed by atoms with Crippen LogP contribution < -0.4 is 0 Å². The van der Waals surface area contributed by atoms with E-state index in [2.05, 4.69) is 10.1 Å². The maximum Gasteiger partial charge on any atom is 0.165 e. The largest absolute Gasteiger partial charge is 0.299 e. The van der Waals surface area contributed by atoms with E-state index in [1.54, 1.807) is 22.3 Å². The molecule has 0 spiro atoms. The van der Waals surface area contributed by atoms with E-state index in [1.165, 1.54) is 6.33 Å². The van der Waals surface area contributed by atoms with Crippen LogP contribution in [0.3, 0.4) is 0 Å². The van der Waals surface area contributed by atoms with Crippen molar-refractivity contribution >= 4 is 22.9 Å². The highest BCUT2D eigenvalue weighted by atomic mass is 32.1. The van der Waals surface area contributed by atoms with Crippen molar-refractivity contribution in [1.29, 1.82) is 0 Å². The van der Waals surface area contributed by atoms with E-state index in [-0.39, 0.29) is 23.9 Å². The highest BCUT2D eigenvalue weighted by Crippen LogP contribution is 2.39. The van der Waals surface area contributed by atoms with Gasteiger partial charge in [0.05, 0.1) is 6.42 Å². The van der Waals surface area contributed by atoms with Gasteiger partial charge >= 0.3 is 0 Å². The van der Waals surface area contributed by atoms with Gasteiger partial charge in [-0.25, -0.2) is 9.67 Å². The van der Waals surface area contributed by atoms with E-state index in [0.29, 0.717) is 6.42 Å². The van der Waals surface area contributed by atoms with Crippen molar-refractivity contribution in [3.63, 3.8) is 0 Å². The number of aromatic nitrogens is 3. The standard InChI is InChI=1S/C12H11N3O2S/c16-8-4-9(11-2-1-3-18-11)12(10(17)5-8)15-7-13-6-14-15/h1-3,6-7,9,12H,4-5H2. The summed E-state index contributed by atoms with van der Waals surface area (Å²) in [5.41, 5.74) is 0. The summed E-state index contributed by atoms with van der Waals surface area (Å²) < 4.78 is 1.57. The van der Waals surface area contributed by atoms with Gasteiger partial charge in [0.15, 0.2) is 5.78 Å². The second-order valence-corrected chi connectivity index (χ2v) is 5.31. The lowest BCUT2D eigenvalue weighted by atomic mass is 9.82. The third-order valence-corrected chi connectivity index (χ3v) is 4.16. The Morgan fingerprint density at radius 2 is 2.28 bits per heavy atom. The van der Waals surface area contributed by atoms with E-state index in [0.717, 1.165) is 4.88 Å². The molecular formula is C12H11N3O2S. The zero-order valence-corrected chi connectivity index (χ0v) is 10.3. The van der Waals surface area contributed by atoms with Gasteiger partial charge in [-0.3, -0.25) is 9.59 Å². The molecule has 2 unspecified atom stereocenters. The number of carbonyl (C=O) groups is 2. The number of thiophene rings is 1. The molecule has 0 N–H and O–H groups in total. The molecule has 2 atom stereocenters. The molecular weight excluding hydrogens is 250 g/mol. The second-order valence-electron chi connectivity index (χ2n) is 4.33. The van der Waals surface area contributed by atoms with Crippen LogP contribution in [-0.2, 0) is 9.59 Å². The minimum absolute atomic E-state index is 0.00635. The molecule has 1 saturated carbocycles. The van der Waals surface area contributed by atoms with Crippen molar-refractivity contribution in [2.75, 3.05) is 0 Å². The van der Waals surface area contributed by atoms with Crippen LogP contribution in [-0.4, -0.2) is 26.3 Å². The highest BCUT2D eigenvalue weighted by molar-refractivity contribution is 7.10. The minimum atomic E-state index is -0.399. The van der Waals surface area contributed by atoms with E-state index >= 15 is 0 Å². The Kier molecular flexibility index (Phi) is 2.79. The van der Waals surface area contributed by atoms with Gasteiger partial charge < -0.3 is 0 Å². The molecule has 0 saturated heterocycles. The SMILES string of the molecule is O=C1CC(=O)C(n2cncn2)C(c2cccs2)C1. The number of ketones is 2. The number of hydrogen-bond acceptors (Lipinski definition) is 5. The molecule has 3 rings (SSSR count). The van der Waals surface area contributed by atoms with E-state index in [1.807, 2.05) is 17.5 Å². The lowest BCUT2D eigenvalue weighted by molar-refractivity contribution is -0.133. The third-order valence-electron chi connectivity index (χ3n) is 3.16. The predicted molar refractivity (Wildman–Crippen MR) is 65.4 cm³/mol. The Morgan fingerprint density at radius 3 is 2.94 bits per heavy atom. The van der Waals surface area contributed by atoms with Gasteiger partial charge in [0, 0.05) is 17.2 Å². The van der Waals surface area contributed by atoms with Crippen molar-refractivity contribution in [1.82, 2.24) is 14.8 Å². The fourth-order valence-electron chi connectivity index (χ4n) is 2.40. The molecule has 0 aliphatic heterocycles. The van der Waals surface area contributed by atoms with E-state index in [9.17, 15) is 9.59 Å². The van der Waals surface area contributed by atoms with Gasteiger partial charge in [-0.15, -0.1) is 11.3 Å². The second kappa shape index (κ2) is 4.45. The number of Topliss-reactive ketones (excluding diaryl/α,β-unsaturated/α-hetero) is 2. The van der Waals surface area contributed by atoms with Crippen molar-refractivity contribution in [3.8, 4) is 0 Å². The average Bonchev–Trinajstić information content (AvgIpc) is 3.01. The highest BCUT2D eigenvalue weighted by Gasteiger charge is 2.39. The number of hydrogen-bond donors (Lipinski definition) is 0. The molecule has 1 fully saturated rings. The molecule has 5 nitrogen and oxygen atoms in total. The molecule has 0 radical (unpaired) electrons. The van der Waals surface area contributed by atoms with Crippen LogP contribution in [0.15, 0.2) is 30.2 Å². The van der Waals surface area contributed by atoms with E-state index < -0.39 is 6.04 Å². The first-order chi connectivity index (χ1) is 8.75. The average molecular weight is 261 g/mol. The Bertz CT molecular complexity index is 562. The molecule has 2 heterocycles. The molecule has 2 aromatic heterocycles. The maximum absolute atomic E-state index is 12.1. The smallest absolute Gasteiger partial charge is 0.165 e. The van der Waals surface area contributed by atoms with E-state index in [4.69, 9.17) is 0 Å². The molecule has 2 aromatic rings. The molecule has 0 amide bonds. The van der Waals surface area contributed by atoms with Gasteiger partial charge in [0.2, 0.25) is 0 Å². The first-order valence-corrected chi connectivity index (χ1v) is 6.55. The molecule has 0 aromatic carbocycles. The molecule has 18 heavy (non-hydrogen) atoms. The summed E-state index contributed by atoms with van der Waals surface area (Å²) >= 11 is 1.57. The summed E-state index contributed by atoms with van der Waals surface area (Å²) in [4.78, 5) is 28.7. The summed E-state index contributed by atoms with van der Waals surface area (Å²) in [6.07, 6.45) is 3.36. The maximum atomic E-state index is 12.1. The lowest BCUT2D eigenvalue weighted by Crippen LogP contribution is -2.34. The van der Waals surface area contributed by atoms with Gasteiger partial charge in [-0.05, 0) is 11.4 Å². The normalized spacial score (nSPS) is 24.4.